The van der Waals surface area contributed by atoms with Gasteiger partial charge in [-0.05, 0) is 52.9 Å². The van der Waals surface area contributed by atoms with E-state index in [2.05, 4.69) is 31.1 Å². The summed E-state index contributed by atoms with van der Waals surface area (Å²) in [6.45, 7) is 3.32. The van der Waals surface area contributed by atoms with Crippen LogP contribution in [0, 0.1) is 6.92 Å². The molecule has 0 unspecified atom stereocenters. The van der Waals surface area contributed by atoms with Gasteiger partial charge in [0.15, 0.2) is 0 Å². The van der Waals surface area contributed by atoms with Gasteiger partial charge < -0.3 is 25.6 Å². The number of aliphatic hydroxyl groups is 1. The largest absolute Gasteiger partial charge is 0.497 e. The van der Waals surface area contributed by atoms with Crippen molar-refractivity contribution in [2.45, 2.75) is 20.1 Å². The number of anilines is 1. The second-order valence-corrected chi connectivity index (χ2v) is 9.27. The van der Waals surface area contributed by atoms with Gasteiger partial charge >= 0.3 is 0 Å². The molecule has 5 aromatic rings. The van der Waals surface area contributed by atoms with Crippen molar-refractivity contribution < 1.29 is 19.4 Å². The van der Waals surface area contributed by atoms with E-state index in [9.17, 15) is 4.79 Å². The van der Waals surface area contributed by atoms with Crippen LogP contribution in [-0.4, -0.2) is 57.0 Å². The van der Waals surface area contributed by atoms with Crippen LogP contribution in [0.15, 0.2) is 60.1 Å². The first-order chi connectivity index (χ1) is 19.0. The average molecular weight is 548 g/mol. The van der Waals surface area contributed by atoms with Crippen molar-refractivity contribution in [3.8, 4) is 22.9 Å². The van der Waals surface area contributed by atoms with Crippen LogP contribution in [0.3, 0.4) is 0 Å². The molecule has 0 atom stereocenters. The number of fused-ring (bicyclic) bond motifs is 1. The van der Waals surface area contributed by atoms with E-state index in [-0.39, 0.29) is 6.61 Å². The highest BCUT2D eigenvalue weighted by Crippen LogP contribution is 2.33. The van der Waals surface area contributed by atoms with Gasteiger partial charge in [0.1, 0.15) is 23.9 Å². The van der Waals surface area contributed by atoms with Gasteiger partial charge in [0.25, 0.3) is 0 Å². The Hall–Kier alpha value is -4.55. The number of nitrogen functional groups attached to an aromatic ring is 1. The minimum atomic E-state index is 0.0126. The fourth-order valence-corrected chi connectivity index (χ4v) is 4.73. The molecule has 11 nitrogen and oxygen atoms in total. The molecule has 3 aromatic heterocycles. The molecule has 4 N–H and O–H groups in total. The number of methoxy groups -OCH3 is 1. The molecule has 0 fully saturated rings. The van der Waals surface area contributed by atoms with Gasteiger partial charge in [0, 0.05) is 34.0 Å². The van der Waals surface area contributed by atoms with Crippen molar-refractivity contribution in [3.05, 3.63) is 76.8 Å². The third kappa shape index (κ3) is 7.06. The Morgan fingerprint density at radius 2 is 2.00 bits per heavy atom. The summed E-state index contributed by atoms with van der Waals surface area (Å²) in [5.41, 5.74) is 10.2. The quantitative estimate of drug-likeness (QED) is 0.177. The van der Waals surface area contributed by atoms with Gasteiger partial charge in [0.2, 0.25) is 12.2 Å². The summed E-state index contributed by atoms with van der Waals surface area (Å²) in [6.07, 6.45) is 2.35. The maximum absolute atomic E-state index is 9.34. The number of thiophene rings is 1. The number of tetrazole rings is 1. The number of pyridine rings is 1. The number of hydrogen-bond donors (Lipinski definition) is 3. The van der Waals surface area contributed by atoms with Gasteiger partial charge in [-0.25, -0.2) is 4.98 Å². The number of aryl methyl sites for hydroxylation is 1. The molecular weight excluding hydrogens is 518 g/mol. The summed E-state index contributed by atoms with van der Waals surface area (Å²) in [5, 5.41) is 26.2. The average Bonchev–Trinajstić information content (AvgIpc) is 3.62. The summed E-state index contributed by atoms with van der Waals surface area (Å²) < 4.78 is 12.4. The topological polar surface area (TPSA) is 150 Å². The molecule has 0 saturated heterocycles. The van der Waals surface area contributed by atoms with E-state index in [0.717, 1.165) is 43.8 Å². The van der Waals surface area contributed by atoms with Crippen molar-refractivity contribution in [3.63, 3.8) is 0 Å². The van der Waals surface area contributed by atoms with Crippen LogP contribution in [0.4, 0.5) is 5.82 Å². The van der Waals surface area contributed by atoms with Gasteiger partial charge in [-0.3, -0.25) is 4.79 Å². The zero-order valence-corrected chi connectivity index (χ0v) is 22.4. The Bertz CT molecular complexity index is 1520. The van der Waals surface area contributed by atoms with Gasteiger partial charge in [-0.1, -0.05) is 24.3 Å². The smallest absolute Gasteiger partial charge is 0.207 e. The van der Waals surface area contributed by atoms with Crippen LogP contribution in [0.25, 0.3) is 21.5 Å². The highest BCUT2D eigenvalue weighted by Gasteiger charge is 2.12. The number of amides is 1. The molecular formula is C27H29N7O4S. The zero-order valence-electron chi connectivity index (χ0n) is 21.6. The number of benzene rings is 2. The fraction of sp³-hybridized carbons (Fsp3) is 0.222. The Labute approximate surface area is 229 Å². The summed E-state index contributed by atoms with van der Waals surface area (Å²) in [6, 6.07) is 15.5. The Kier molecular flexibility index (Phi) is 9.38. The van der Waals surface area contributed by atoms with Gasteiger partial charge in [-0.2, -0.15) is 4.80 Å². The molecule has 0 saturated carbocycles. The lowest BCUT2D eigenvalue weighted by Crippen LogP contribution is -2.14. The zero-order chi connectivity index (χ0) is 27.6. The number of nitrogens with two attached hydrogens (primary N) is 1. The number of aromatic nitrogens is 5. The Morgan fingerprint density at radius 1 is 1.18 bits per heavy atom. The molecule has 0 bridgehead atoms. The molecule has 0 aliphatic rings. The molecule has 0 aliphatic carbocycles. The normalized spacial score (nSPS) is 10.5. The number of carbonyl (C=O) groups is 1. The van der Waals surface area contributed by atoms with Gasteiger partial charge in [-0.15, -0.1) is 21.5 Å². The SMILES string of the molecule is COc1ccc(Cn2nnc(-c3cccc(OCc4csc5c(C)cnc(N)c45)c3)n2)cc1.O=CNCCO. The van der Waals surface area contributed by atoms with Crippen LogP contribution in [0.2, 0.25) is 0 Å². The molecule has 0 radical (unpaired) electrons. The lowest BCUT2D eigenvalue weighted by molar-refractivity contribution is -0.109. The molecule has 12 heteroatoms. The van der Waals surface area contributed by atoms with Crippen molar-refractivity contribution in [1.82, 2.24) is 30.5 Å². The van der Waals surface area contributed by atoms with Crippen molar-refractivity contribution >= 4 is 33.7 Å². The van der Waals surface area contributed by atoms with E-state index in [0.29, 0.717) is 37.7 Å². The minimum absolute atomic E-state index is 0.0126. The third-order valence-corrected chi connectivity index (χ3v) is 6.80. The first-order valence-corrected chi connectivity index (χ1v) is 12.9. The summed E-state index contributed by atoms with van der Waals surface area (Å²) >= 11 is 1.66. The molecule has 5 rings (SSSR count). The number of nitrogens with zero attached hydrogens (tertiary/aromatic N) is 5. The predicted molar refractivity (Wildman–Crippen MR) is 150 cm³/mol. The van der Waals surface area contributed by atoms with E-state index < -0.39 is 0 Å². The maximum Gasteiger partial charge on any atom is 0.207 e. The van der Waals surface area contributed by atoms with E-state index in [4.69, 9.17) is 20.3 Å². The minimum Gasteiger partial charge on any atom is -0.497 e. The molecule has 0 spiro atoms. The summed E-state index contributed by atoms with van der Waals surface area (Å²) in [5.74, 6) is 2.60. The number of carbonyl (C=O) groups excluding carboxylic acids is 1. The van der Waals surface area contributed by atoms with E-state index >= 15 is 0 Å². The van der Waals surface area contributed by atoms with Crippen LogP contribution < -0.4 is 20.5 Å². The molecule has 202 valence electrons. The van der Waals surface area contributed by atoms with E-state index in [1.807, 2.05) is 55.5 Å². The highest BCUT2D eigenvalue weighted by molar-refractivity contribution is 7.17. The molecule has 3 heterocycles. The van der Waals surface area contributed by atoms with Crippen molar-refractivity contribution in [1.29, 1.82) is 0 Å². The first-order valence-electron chi connectivity index (χ1n) is 12.1. The Balaban J connectivity index is 0.000000531. The molecule has 2 aromatic carbocycles. The summed E-state index contributed by atoms with van der Waals surface area (Å²) in [4.78, 5) is 15.2. The van der Waals surface area contributed by atoms with Crippen LogP contribution in [0.5, 0.6) is 11.5 Å². The first kappa shape index (κ1) is 27.5. The second kappa shape index (κ2) is 13.3. The van der Waals surface area contributed by atoms with Crippen molar-refractivity contribution in [2.24, 2.45) is 0 Å². The standard InChI is InChI=1S/C24H22N6O2S.C3H7NO2/c1-15-11-26-23(25)21-18(14-33-22(15)21)13-32-20-5-3-4-17(10-20)24-27-29-30(28-24)12-16-6-8-19(31-2)9-7-16;5-2-1-4-3-6/h3-11,14H,12-13H2,1-2H3,(H2,25,26);3,5H,1-2H2,(H,4,6). The lowest BCUT2D eigenvalue weighted by Gasteiger charge is -2.07. The van der Waals surface area contributed by atoms with Crippen LogP contribution >= 0.6 is 11.3 Å². The van der Waals surface area contributed by atoms with Crippen LogP contribution in [0.1, 0.15) is 16.7 Å². The number of nitrogens with one attached hydrogen (secondary N) is 1. The lowest BCUT2D eigenvalue weighted by atomic mass is 10.1. The van der Waals surface area contributed by atoms with Crippen molar-refractivity contribution in [2.75, 3.05) is 26.0 Å². The monoisotopic (exact) mass is 547 g/mol. The van der Waals surface area contributed by atoms with Crippen LogP contribution in [-0.2, 0) is 17.9 Å². The molecule has 0 aliphatic heterocycles. The predicted octanol–water partition coefficient (Wildman–Crippen LogP) is 3.20. The number of ether oxygens (including phenoxy) is 2. The number of aliphatic hydroxyl groups excluding tert-OH is 1. The maximum atomic E-state index is 9.34. The molecule has 1 amide bonds. The molecule has 39 heavy (non-hydrogen) atoms. The highest BCUT2D eigenvalue weighted by atomic mass is 32.1. The number of rotatable bonds is 10. The van der Waals surface area contributed by atoms with E-state index in [1.54, 1.807) is 29.4 Å². The van der Waals surface area contributed by atoms with E-state index in [1.165, 1.54) is 0 Å². The third-order valence-electron chi connectivity index (χ3n) is 5.64. The Morgan fingerprint density at radius 3 is 2.72 bits per heavy atom. The van der Waals surface area contributed by atoms with Gasteiger partial charge in [0.05, 0.1) is 20.3 Å². The second-order valence-electron chi connectivity index (χ2n) is 8.40. The fourth-order valence-electron chi connectivity index (χ4n) is 3.69. The summed E-state index contributed by atoms with van der Waals surface area (Å²) in [7, 11) is 1.65. The number of hydrogen-bond acceptors (Lipinski definition) is 10.